The van der Waals surface area contributed by atoms with Crippen molar-refractivity contribution in [1.82, 2.24) is 0 Å². The van der Waals surface area contributed by atoms with Crippen molar-refractivity contribution in [3.05, 3.63) is 174 Å². The largest absolute Gasteiger partial charge is 0.311 e. The summed E-state index contributed by atoms with van der Waals surface area (Å²) in [5.41, 5.74) is 3.38. The highest BCUT2D eigenvalue weighted by molar-refractivity contribution is 9.10. The maximum Gasteiger partial charge on any atom is 0.179 e. The number of hydrogen-bond acceptors (Lipinski definition) is 1. The summed E-state index contributed by atoms with van der Waals surface area (Å²) < 4.78 is 1.07. The first-order chi connectivity index (χ1) is 19.3. The Morgan fingerprint density at radius 1 is 0.333 bits per heavy atom. The van der Waals surface area contributed by atoms with Gasteiger partial charge < -0.3 is 4.90 Å². The van der Waals surface area contributed by atoms with Crippen molar-refractivity contribution in [2.24, 2.45) is 0 Å². The molecule has 0 radical (unpaired) electrons. The van der Waals surface area contributed by atoms with E-state index in [9.17, 15) is 0 Å². The number of rotatable bonds is 7. The zero-order valence-corrected chi connectivity index (χ0v) is 24.1. The third-order valence-electron chi connectivity index (χ3n) is 7.28. The van der Waals surface area contributed by atoms with Crippen molar-refractivity contribution in [2.75, 3.05) is 4.90 Å². The van der Waals surface area contributed by atoms with E-state index in [-0.39, 0.29) is 0 Å². The molecule has 3 heteroatoms. The average Bonchev–Trinajstić information content (AvgIpc) is 3.02. The first kappa shape index (κ1) is 25.1. The van der Waals surface area contributed by atoms with Gasteiger partial charge in [0.1, 0.15) is 0 Å². The Morgan fingerprint density at radius 3 is 1.05 bits per heavy atom. The van der Waals surface area contributed by atoms with E-state index in [1.54, 1.807) is 0 Å². The number of halogens is 1. The summed E-state index contributed by atoms with van der Waals surface area (Å²) in [5, 5.41) is 5.49. The highest BCUT2D eigenvalue weighted by atomic mass is 79.9. The van der Waals surface area contributed by atoms with Crippen LogP contribution in [-0.2, 0) is 0 Å². The van der Waals surface area contributed by atoms with Crippen LogP contribution in [0.3, 0.4) is 0 Å². The van der Waals surface area contributed by atoms with Gasteiger partial charge in [-0.1, -0.05) is 137 Å². The molecule has 6 rings (SSSR count). The van der Waals surface area contributed by atoms with Crippen LogP contribution in [0.1, 0.15) is 0 Å². The van der Waals surface area contributed by atoms with Crippen molar-refractivity contribution in [3.63, 3.8) is 0 Å². The molecule has 0 unspecified atom stereocenters. The van der Waals surface area contributed by atoms with E-state index in [1.807, 2.05) is 0 Å². The number of anilines is 3. The van der Waals surface area contributed by atoms with Gasteiger partial charge in [-0.15, -0.1) is 0 Å². The quantitative estimate of drug-likeness (QED) is 0.141. The Labute approximate surface area is 240 Å². The second-order valence-electron chi connectivity index (χ2n) is 9.54. The maximum absolute atomic E-state index is 3.59. The summed E-state index contributed by atoms with van der Waals surface area (Å²) in [6, 6.07) is 61.5. The zero-order valence-electron chi connectivity index (χ0n) is 21.5. The summed E-state index contributed by atoms with van der Waals surface area (Å²) in [5.74, 6) is 0. The SMILES string of the molecule is Brc1ccc(N(c2ccccc2)c2ccc([Si](c3ccccc3)(c3ccccc3)c3ccccc3)cc2)cc1. The fourth-order valence-corrected chi connectivity index (χ4v) is 10.5. The molecule has 1 nitrogen and oxygen atoms in total. The minimum absolute atomic E-state index is 1.07. The third-order valence-corrected chi connectivity index (χ3v) is 12.6. The van der Waals surface area contributed by atoms with Gasteiger partial charge >= 0.3 is 0 Å². The summed E-state index contributed by atoms with van der Waals surface area (Å²) in [6.45, 7) is 0. The molecule has 39 heavy (non-hydrogen) atoms. The van der Waals surface area contributed by atoms with Crippen LogP contribution in [0.5, 0.6) is 0 Å². The summed E-state index contributed by atoms with van der Waals surface area (Å²) in [6.07, 6.45) is 0. The van der Waals surface area contributed by atoms with Crippen molar-refractivity contribution < 1.29 is 0 Å². The minimum atomic E-state index is -2.55. The molecule has 6 aromatic rings. The smallest absolute Gasteiger partial charge is 0.179 e. The van der Waals surface area contributed by atoms with Crippen molar-refractivity contribution in [3.8, 4) is 0 Å². The molecule has 0 aliphatic carbocycles. The Kier molecular flexibility index (Phi) is 7.26. The maximum atomic E-state index is 3.59. The average molecular weight is 583 g/mol. The standard InChI is InChI=1S/C36H28BrNSi/c37-29-21-23-31(24-22-29)38(30-13-5-1-6-14-30)32-25-27-36(28-26-32)39(33-15-7-2-8-16-33,34-17-9-3-10-18-34)35-19-11-4-12-20-35/h1-28H. The molecule has 0 spiro atoms. The molecule has 0 amide bonds. The first-order valence-electron chi connectivity index (χ1n) is 13.1. The van der Waals surface area contributed by atoms with Gasteiger partial charge in [-0.05, 0) is 69.3 Å². The topological polar surface area (TPSA) is 3.24 Å². The molecule has 0 aliphatic rings. The van der Waals surface area contributed by atoms with Gasteiger partial charge in [0.25, 0.3) is 0 Å². The molecule has 0 saturated heterocycles. The fourth-order valence-electron chi connectivity index (χ4n) is 5.54. The van der Waals surface area contributed by atoms with Crippen LogP contribution in [0.25, 0.3) is 0 Å². The van der Waals surface area contributed by atoms with Gasteiger partial charge in [-0.3, -0.25) is 0 Å². The van der Waals surface area contributed by atoms with Crippen LogP contribution in [0.2, 0.25) is 0 Å². The lowest BCUT2D eigenvalue weighted by atomic mass is 10.2. The molecule has 0 aromatic heterocycles. The van der Waals surface area contributed by atoms with Gasteiger partial charge in [-0.25, -0.2) is 0 Å². The monoisotopic (exact) mass is 581 g/mol. The Morgan fingerprint density at radius 2 is 0.641 bits per heavy atom. The number of benzene rings is 6. The molecular formula is C36H28BrNSi. The molecule has 0 N–H and O–H groups in total. The normalized spacial score (nSPS) is 11.2. The number of nitrogens with zero attached hydrogens (tertiary/aromatic N) is 1. The molecule has 0 fully saturated rings. The second kappa shape index (κ2) is 11.3. The summed E-state index contributed by atoms with van der Waals surface area (Å²) >= 11 is 3.59. The van der Waals surface area contributed by atoms with E-state index in [0.717, 1.165) is 21.5 Å². The van der Waals surface area contributed by atoms with E-state index < -0.39 is 8.07 Å². The molecule has 0 heterocycles. The fraction of sp³-hybridized carbons (Fsp3) is 0. The number of para-hydroxylation sites is 1. The van der Waals surface area contributed by atoms with E-state index in [1.165, 1.54) is 20.7 Å². The highest BCUT2D eigenvalue weighted by Gasteiger charge is 2.41. The van der Waals surface area contributed by atoms with Gasteiger partial charge in [-0.2, -0.15) is 0 Å². The molecule has 188 valence electrons. The van der Waals surface area contributed by atoms with E-state index >= 15 is 0 Å². The molecule has 0 bridgehead atoms. The molecular weight excluding hydrogens is 554 g/mol. The lowest BCUT2D eigenvalue weighted by molar-refractivity contribution is 1.28. The van der Waals surface area contributed by atoms with Gasteiger partial charge in [0.15, 0.2) is 8.07 Å². The zero-order chi connectivity index (χ0) is 26.5. The third kappa shape index (κ3) is 4.87. The Hall–Kier alpha value is -4.18. The van der Waals surface area contributed by atoms with Crippen LogP contribution < -0.4 is 25.6 Å². The Bertz CT molecular complexity index is 1520. The van der Waals surface area contributed by atoms with Crippen LogP contribution in [-0.4, -0.2) is 8.07 Å². The lowest BCUT2D eigenvalue weighted by Crippen LogP contribution is -2.74. The first-order valence-corrected chi connectivity index (χ1v) is 15.9. The summed E-state index contributed by atoms with van der Waals surface area (Å²) in [7, 11) is -2.55. The molecule has 6 aromatic carbocycles. The molecule has 0 aliphatic heterocycles. The predicted octanol–water partition coefficient (Wildman–Crippen LogP) is 7.30. The molecule has 0 atom stereocenters. The highest BCUT2D eigenvalue weighted by Crippen LogP contribution is 2.34. The van der Waals surface area contributed by atoms with Crippen molar-refractivity contribution >= 4 is 61.8 Å². The van der Waals surface area contributed by atoms with Gasteiger partial charge in [0, 0.05) is 21.5 Å². The minimum Gasteiger partial charge on any atom is -0.311 e. The van der Waals surface area contributed by atoms with E-state index in [4.69, 9.17) is 0 Å². The summed E-state index contributed by atoms with van der Waals surface area (Å²) in [4.78, 5) is 2.31. The van der Waals surface area contributed by atoms with Gasteiger partial charge in [0.05, 0.1) is 0 Å². The van der Waals surface area contributed by atoms with Crippen molar-refractivity contribution in [1.29, 1.82) is 0 Å². The lowest BCUT2D eigenvalue weighted by Gasteiger charge is -2.35. The van der Waals surface area contributed by atoms with Crippen LogP contribution in [0, 0.1) is 0 Å². The van der Waals surface area contributed by atoms with Crippen LogP contribution in [0.15, 0.2) is 174 Å². The van der Waals surface area contributed by atoms with Crippen LogP contribution in [0.4, 0.5) is 17.1 Å². The van der Waals surface area contributed by atoms with Crippen molar-refractivity contribution in [2.45, 2.75) is 0 Å². The van der Waals surface area contributed by atoms with E-state index in [2.05, 4.69) is 191 Å². The second-order valence-corrected chi connectivity index (χ2v) is 14.3. The van der Waals surface area contributed by atoms with E-state index in [0.29, 0.717) is 0 Å². The Balaban J connectivity index is 1.56. The molecule has 0 saturated carbocycles. The number of hydrogen-bond donors (Lipinski definition) is 0. The van der Waals surface area contributed by atoms with Crippen LogP contribution >= 0.6 is 15.9 Å². The van der Waals surface area contributed by atoms with Gasteiger partial charge in [0.2, 0.25) is 0 Å². The predicted molar refractivity (Wildman–Crippen MR) is 172 cm³/mol.